The first kappa shape index (κ1) is 66.5. The summed E-state index contributed by atoms with van der Waals surface area (Å²) in [5, 5.41) is 0. The first-order valence-electron chi connectivity index (χ1n) is 0. The van der Waals surface area contributed by atoms with Crippen LogP contribution in [0.4, 0.5) is 0 Å². The largest absolute Gasteiger partial charge is 3.00 e. The van der Waals surface area contributed by atoms with Crippen molar-refractivity contribution in [3.8, 4) is 0 Å². The van der Waals surface area contributed by atoms with Crippen LogP contribution >= 0.6 is 13.5 Å². The summed E-state index contributed by atoms with van der Waals surface area (Å²) in [7, 11) is 0. The molecule has 0 unspecified atom stereocenters. The molecule has 0 atom stereocenters. The monoisotopic (exact) mass is 396 g/mol. The molecule has 0 aliphatic rings. The van der Waals surface area contributed by atoms with Gasteiger partial charge in [-0.05, 0) is 0 Å². The van der Waals surface area contributed by atoms with E-state index in [0.717, 1.165) is 0 Å². The van der Waals surface area contributed by atoms with Crippen LogP contribution in [0.25, 0.3) is 0 Å². The maximum Gasteiger partial charge on any atom is 3.00 e. The Kier molecular flexibility index (Phi) is 498. The Hall–Kier alpha value is 2.88. The molecule has 0 aromatic heterocycles. The third-order valence-corrected chi connectivity index (χ3v) is 0. The minimum Gasteiger partial charge on any atom is -2.00 e. The van der Waals surface area contributed by atoms with Crippen molar-refractivity contribution in [2.45, 2.75) is 0 Å². The third kappa shape index (κ3) is 28.7. The number of rotatable bonds is 0. The molecule has 0 rings (SSSR count). The van der Waals surface area contributed by atoms with Gasteiger partial charge in [0.05, 0.1) is 0 Å². The van der Waals surface area contributed by atoms with Crippen molar-refractivity contribution < 1.29 is 96.3 Å². The second-order valence-electron chi connectivity index (χ2n) is 0. The maximum absolute atomic E-state index is 0. The van der Waals surface area contributed by atoms with E-state index in [9.17, 15) is 0 Å². The zero-order chi connectivity index (χ0) is 0. The van der Waals surface area contributed by atoms with Crippen LogP contribution in [0.2, 0.25) is 0 Å². The quantitative estimate of drug-likeness (QED) is 0.566. The van der Waals surface area contributed by atoms with Crippen LogP contribution in [0.5, 0.6) is 0 Å². The van der Waals surface area contributed by atoms with Crippen molar-refractivity contribution in [1.82, 2.24) is 0 Å². The van der Waals surface area contributed by atoms with E-state index in [1.165, 1.54) is 0 Å². The van der Waals surface area contributed by atoms with Gasteiger partial charge in [0.25, 0.3) is 0 Å². The Morgan fingerprint density at radius 2 is 0.500 bits per heavy atom. The Balaban J connectivity index is 0. The molecule has 0 saturated heterocycles. The topological polar surface area (TPSA) is 85.5 Å². The molecule has 0 fully saturated rings. The molecule has 0 heterocycles. The summed E-state index contributed by atoms with van der Waals surface area (Å²) in [6.45, 7) is 0. The van der Waals surface area contributed by atoms with E-state index in [4.69, 9.17) is 0 Å². The van der Waals surface area contributed by atoms with Crippen LogP contribution in [0.3, 0.4) is 0 Å². The minimum absolute atomic E-state index is 0. The average molecular weight is 395 g/mol. The molecular formula is Gd2O3S. The average Bonchev–Trinajstić information content (AvgIpc) is 0. The second kappa shape index (κ2) is 45.0. The molecule has 6 heteroatoms. The molecule has 0 aliphatic heterocycles. The molecule has 0 spiro atoms. The fourth-order valence-corrected chi connectivity index (χ4v) is 0. The van der Waals surface area contributed by atoms with Gasteiger partial charge >= 0.3 is 79.9 Å². The van der Waals surface area contributed by atoms with Gasteiger partial charge in [-0.3, -0.25) is 0 Å². The van der Waals surface area contributed by atoms with Gasteiger partial charge in [0.1, 0.15) is 0 Å². The van der Waals surface area contributed by atoms with E-state index in [1.807, 2.05) is 0 Å². The SMILES string of the molecule is [Gd+3].[Gd+3].[O-2].[O-2].[O-2].[S]. The van der Waals surface area contributed by atoms with E-state index in [-0.39, 0.29) is 110 Å². The van der Waals surface area contributed by atoms with Crippen molar-refractivity contribution in [2.75, 3.05) is 0 Å². The molecule has 6 heavy (non-hydrogen) atoms. The predicted molar refractivity (Wildman–Crippen MR) is 9.65 cm³/mol. The Bertz CT molecular complexity index is 8.75. The smallest absolute Gasteiger partial charge is 2.00 e. The standard InChI is InChI=1S/2Gd.3O.S/q2*+3;3*-2;. The third-order valence-electron chi connectivity index (χ3n) is 0. The molecule has 0 saturated carbocycles. The van der Waals surface area contributed by atoms with Crippen molar-refractivity contribution in [3.63, 3.8) is 0 Å². The summed E-state index contributed by atoms with van der Waals surface area (Å²) in [6, 6.07) is 0. The zero-order valence-corrected chi connectivity index (χ0v) is 7.69. The van der Waals surface area contributed by atoms with Gasteiger partial charge in [-0.2, -0.15) is 0 Å². The fraction of sp³-hybridized carbons (Fsp3) is 0. The Morgan fingerprint density at radius 3 is 0.500 bits per heavy atom. The fourth-order valence-electron chi connectivity index (χ4n) is 0. The van der Waals surface area contributed by atoms with Crippen LogP contribution in [0.1, 0.15) is 0 Å². The van der Waals surface area contributed by atoms with Gasteiger partial charge in [0.15, 0.2) is 0 Å². The molecule has 40 valence electrons. The summed E-state index contributed by atoms with van der Waals surface area (Å²) in [5.41, 5.74) is 0. The summed E-state index contributed by atoms with van der Waals surface area (Å²) < 4.78 is 0. The maximum atomic E-state index is 0. The molecule has 0 aliphatic carbocycles. The van der Waals surface area contributed by atoms with Gasteiger partial charge in [0, 0.05) is 13.5 Å². The summed E-state index contributed by atoms with van der Waals surface area (Å²) in [5.74, 6) is 0. The van der Waals surface area contributed by atoms with Crippen LogP contribution < -0.4 is 0 Å². The van der Waals surface area contributed by atoms with Crippen LogP contribution in [0.15, 0.2) is 0 Å². The van der Waals surface area contributed by atoms with E-state index >= 15 is 0 Å². The Morgan fingerprint density at radius 1 is 0.500 bits per heavy atom. The minimum atomic E-state index is 0. The van der Waals surface area contributed by atoms with Crippen LogP contribution in [-0.4, -0.2) is 0 Å². The van der Waals surface area contributed by atoms with Crippen molar-refractivity contribution in [1.29, 1.82) is 0 Å². The van der Waals surface area contributed by atoms with Crippen molar-refractivity contribution >= 4 is 13.5 Å². The normalized spacial score (nSPS) is 0. The molecule has 0 amide bonds. The van der Waals surface area contributed by atoms with E-state index in [0.29, 0.717) is 0 Å². The summed E-state index contributed by atoms with van der Waals surface area (Å²) in [4.78, 5) is 0. The van der Waals surface area contributed by atoms with E-state index in [2.05, 4.69) is 0 Å². The summed E-state index contributed by atoms with van der Waals surface area (Å²) in [6.07, 6.45) is 0. The van der Waals surface area contributed by atoms with Gasteiger partial charge in [-0.1, -0.05) is 0 Å². The second-order valence-corrected chi connectivity index (χ2v) is 0. The first-order valence-corrected chi connectivity index (χ1v) is 0. The summed E-state index contributed by atoms with van der Waals surface area (Å²) >= 11 is 0. The van der Waals surface area contributed by atoms with Crippen LogP contribution in [0, 0.1) is 79.9 Å². The van der Waals surface area contributed by atoms with Gasteiger partial charge in [0.2, 0.25) is 0 Å². The molecule has 0 aromatic carbocycles. The molecule has 4 radical (unpaired) electrons. The van der Waals surface area contributed by atoms with Gasteiger partial charge < -0.3 is 16.4 Å². The van der Waals surface area contributed by atoms with E-state index in [1.54, 1.807) is 0 Å². The predicted octanol–water partition coefficient (Wildman–Crippen LogP) is 0.292. The molecule has 0 N–H and O–H groups in total. The van der Waals surface area contributed by atoms with Crippen molar-refractivity contribution in [2.24, 2.45) is 0 Å². The van der Waals surface area contributed by atoms with E-state index < -0.39 is 0 Å². The molecule has 0 bridgehead atoms. The van der Waals surface area contributed by atoms with Gasteiger partial charge in [-0.15, -0.1) is 0 Å². The zero-order valence-electron chi connectivity index (χ0n) is 2.34. The number of hydrogen-bond donors (Lipinski definition) is 0. The molecular weight excluding hydrogens is 395 g/mol. The Labute approximate surface area is 107 Å². The van der Waals surface area contributed by atoms with Gasteiger partial charge in [-0.25, -0.2) is 0 Å². The molecule has 0 aromatic rings. The number of hydrogen-bond acceptors (Lipinski definition) is 0. The molecule has 3 nitrogen and oxygen atoms in total. The van der Waals surface area contributed by atoms with Crippen molar-refractivity contribution in [3.05, 3.63) is 0 Å². The van der Waals surface area contributed by atoms with Crippen LogP contribution in [-0.2, 0) is 16.4 Å². The first-order chi connectivity index (χ1) is 0.